The maximum Gasteiger partial charge on any atom is 0.260 e. The average molecular weight is 205 g/mol. The van der Waals surface area contributed by atoms with Gasteiger partial charge in [0, 0.05) is 7.05 Å². The molecule has 0 aromatic heterocycles. The predicted molar refractivity (Wildman–Crippen MR) is 51.8 cm³/mol. The number of hydrogen-bond acceptors (Lipinski definition) is 3. The third-order valence-corrected chi connectivity index (χ3v) is 3.43. The SMILES string of the molecule is CCC12C=CC(O1)C1=C2C(=O)N(C)C1=O. The summed E-state index contributed by atoms with van der Waals surface area (Å²) in [6.07, 6.45) is 4.15. The second-order valence-corrected chi connectivity index (χ2v) is 4.10. The summed E-state index contributed by atoms with van der Waals surface area (Å²) in [5.74, 6) is -0.414. The van der Waals surface area contributed by atoms with Gasteiger partial charge in [0.05, 0.1) is 11.1 Å². The summed E-state index contributed by atoms with van der Waals surface area (Å²) >= 11 is 0. The van der Waals surface area contributed by atoms with E-state index >= 15 is 0 Å². The molecule has 0 aliphatic carbocycles. The molecule has 0 radical (unpaired) electrons. The van der Waals surface area contributed by atoms with Crippen LogP contribution in [0.15, 0.2) is 23.3 Å². The lowest BCUT2D eigenvalue weighted by molar-refractivity contribution is -0.138. The lowest BCUT2D eigenvalue weighted by atomic mass is 9.86. The zero-order valence-corrected chi connectivity index (χ0v) is 8.61. The fourth-order valence-electron chi connectivity index (χ4n) is 2.56. The van der Waals surface area contributed by atoms with Crippen molar-refractivity contribution in [3.05, 3.63) is 23.3 Å². The first-order valence-corrected chi connectivity index (χ1v) is 5.05. The Morgan fingerprint density at radius 3 is 2.87 bits per heavy atom. The van der Waals surface area contributed by atoms with Crippen LogP contribution in [-0.4, -0.2) is 35.5 Å². The fourth-order valence-corrected chi connectivity index (χ4v) is 2.56. The Morgan fingerprint density at radius 1 is 1.47 bits per heavy atom. The minimum absolute atomic E-state index is 0.205. The molecule has 3 aliphatic rings. The standard InChI is InChI=1S/C11H11NO3/c1-3-11-5-4-6(15-11)7-8(11)10(14)12(2)9(7)13/h4-6H,3H2,1-2H3. The van der Waals surface area contributed by atoms with Gasteiger partial charge in [-0.25, -0.2) is 0 Å². The summed E-state index contributed by atoms with van der Waals surface area (Å²) < 4.78 is 5.71. The summed E-state index contributed by atoms with van der Waals surface area (Å²) in [6.45, 7) is 1.96. The number of imide groups is 1. The fraction of sp³-hybridized carbons (Fsp3) is 0.455. The van der Waals surface area contributed by atoms with Crippen molar-refractivity contribution in [2.24, 2.45) is 0 Å². The summed E-state index contributed by atoms with van der Waals surface area (Å²) in [5, 5.41) is 0. The first-order valence-electron chi connectivity index (χ1n) is 5.05. The Bertz CT molecular complexity index is 449. The van der Waals surface area contributed by atoms with E-state index in [1.54, 1.807) is 0 Å². The molecule has 0 aromatic rings. The van der Waals surface area contributed by atoms with Crippen molar-refractivity contribution in [3.63, 3.8) is 0 Å². The van der Waals surface area contributed by atoms with Gasteiger partial charge in [-0.1, -0.05) is 13.0 Å². The molecule has 0 fully saturated rings. The van der Waals surface area contributed by atoms with Gasteiger partial charge in [-0.2, -0.15) is 0 Å². The molecule has 3 heterocycles. The van der Waals surface area contributed by atoms with E-state index in [2.05, 4.69) is 0 Å². The van der Waals surface area contributed by atoms with Crippen LogP contribution in [-0.2, 0) is 14.3 Å². The van der Waals surface area contributed by atoms with Gasteiger partial charge in [0.15, 0.2) is 0 Å². The Labute approximate surface area is 87.2 Å². The normalized spacial score (nSPS) is 37.2. The molecule has 4 nitrogen and oxygen atoms in total. The van der Waals surface area contributed by atoms with Crippen molar-refractivity contribution >= 4 is 11.8 Å². The van der Waals surface area contributed by atoms with Crippen LogP contribution in [0.1, 0.15) is 13.3 Å². The summed E-state index contributed by atoms with van der Waals surface area (Å²) in [5.41, 5.74) is 0.481. The number of nitrogens with zero attached hydrogens (tertiary/aromatic N) is 1. The molecule has 0 N–H and O–H groups in total. The molecule has 78 valence electrons. The number of fused-ring (bicyclic) bond motifs is 4. The lowest BCUT2D eigenvalue weighted by Crippen LogP contribution is -2.36. The highest BCUT2D eigenvalue weighted by Crippen LogP contribution is 2.48. The van der Waals surface area contributed by atoms with Gasteiger partial charge in [-0.15, -0.1) is 0 Å². The van der Waals surface area contributed by atoms with Crippen LogP contribution < -0.4 is 0 Å². The molecule has 0 saturated heterocycles. The van der Waals surface area contributed by atoms with Gasteiger partial charge >= 0.3 is 0 Å². The van der Waals surface area contributed by atoms with Gasteiger partial charge in [-0.3, -0.25) is 14.5 Å². The van der Waals surface area contributed by atoms with Crippen LogP contribution in [0.25, 0.3) is 0 Å². The van der Waals surface area contributed by atoms with E-state index in [1.165, 1.54) is 11.9 Å². The van der Waals surface area contributed by atoms with Crippen LogP contribution in [0.5, 0.6) is 0 Å². The van der Waals surface area contributed by atoms with Gasteiger partial charge in [-0.05, 0) is 12.5 Å². The highest BCUT2D eigenvalue weighted by atomic mass is 16.5. The number of ether oxygens (including phenoxy) is 1. The Morgan fingerprint density at radius 2 is 2.20 bits per heavy atom. The van der Waals surface area contributed by atoms with Crippen molar-refractivity contribution in [2.45, 2.75) is 25.0 Å². The highest BCUT2D eigenvalue weighted by Gasteiger charge is 2.57. The number of likely N-dealkylation sites (N-methyl/N-ethyl adjacent to an activating group) is 1. The summed E-state index contributed by atoms with van der Waals surface area (Å²) in [7, 11) is 1.52. The second kappa shape index (κ2) is 2.39. The minimum Gasteiger partial charge on any atom is -0.354 e. The molecule has 2 amide bonds. The quantitative estimate of drug-likeness (QED) is 0.460. The molecule has 4 heteroatoms. The third-order valence-electron chi connectivity index (χ3n) is 3.43. The van der Waals surface area contributed by atoms with E-state index in [-0.39, 0.29) is 17.9 Å². The Hall–Kier alpha value is -1.42. The van der Waals surface area contributed by atoms with Gasteiger partial charge in [0.2, 0.25) is 0 Å². The van der Waals surface area contributed by atoms with E-state index in [0.29, 0.717) is 17.6 Å². The van der Waals surface area contributed by atoms with Crippen molar-refractivity contribution in [1.82, 2.24) is 4.90 Å². The van der Waals surface area contributed by atoms with Crippen molar-refractivity contribution in [3.8, 4) is 0 Å². The summed E-state index contributed by atoms with van der Waals surface area (Å²) in [4.78, 5) is 24.8. The topological polar surface area (TPSA) is 46.6 Å². The number of amides is 2. The van der Waals surface area contributed by atoms with E-state index in [0.717, 1.165) is 0 Å². The van der Waals surface area contributed by atoms with E-state index < -0.39 is 5.60 Å². The van der Waals surface area contributed by atoms with E-state index in [4.69, 9.17) is 4.74 Å². The van der Waals surface area contributed by atoms with Crippen molar-refractivity contribution < 1.29 is 14.3 Å². The largest absolute Gasteiger partial charge is 0.354 e. The highest BCUT2D eigenvalue weighted by molar-refractivity contribution is 6.22. The molecular formula is C11H11NO3. The van der Waals surface area contributed by atoms with Gasteiger partial charge in [0.25, 0.3) is 11.8 Å². The maximum absolute atomic E-state index is 11.9. The lowest BCUT2D eigenvalue weighted by Gasteiger charge is -2.24. The zero-order chi connectivity index (χ0) is 10.8. The van der Waals surface area contributed by atoms with Crippen LogP contribution in [0, 0.1) is 0 Å². The molecule has 2 unspecified atom stereocenters. The van der Waals surface area contributed by atoms with Crippen molar-refractivity contribution in [1.29, 1.82) is 0 Å². The molecular weight excluding hydrogens is 194 g/mol. The molecule has 2 bridgehead atoms. The third kappa shape index (κ3) is 0.777. The zero-order valence-electron chi connectivity index (χ0n) is 8.61. The summed E-state index contributed by atoms with van der Waals surface area (Å²) in [6, 6.07) is 0. The minimum atomic E-state index is -0.627. The number of hydrogen-bond donors (Lipinski definition) is 0. The van der Waals surface area contributed by atoms with Crippen LogP contribution in [0.3, 0.4) is 0 Å². The first-order chi connectivity index (χ1) is 7.10. The molecule has 2 atom stereocenters. The van der Waals surface area contributed by atoms with Gasteiger partial charge in [0.1, 0.15) is 11.7 Å². The monoisotopic (exact) mass is 205 g/mol. The second-order valence-electron chi connectivity index (χ2n) is 4.10. The van der Waals surface area contributed by atoms with E-state index in [1.807, 2.05) is 19.1 Å². The average Bonchev–Trinajstić information content (AvgIpc) is 2.86. The first kappa shape index (κ1) is 8.85. The molecule has 3 rings (SSSR count). The smallest absolute Gasteiger partial charge is 0.260 e. The molecule has 15 heavy (non-hydrogen) atoms. The Kier molecular flexibility index (Phi) is 1.41. The predicted octanol–water partition coefficient (Wildman–Crippen LogP) is 0.399. The number of carbonyl (C=O) groups is 2. The Balaban J connectivity index is 2.19. The number of rotatable bonds is 1. The maximum atomic E-state index is 11.9. The van der Waals surface area contributed by atoms with Crippen LogP contribution in [0.2, 0.25) is 0 Å². The van der Waals surface area contributed by atoms with E-state index in [9.17, 15) is 9.59 Å². The van der Waals surface area contributed by atoms with Crippen molar-refractivity contribution in [2.75, 3.05) is 7.05 Å². The number of carbonyl (C=O) groups excluding carboxylic acids is 2. The molecule has 3 aliphatic heterocycles. The molecule has 0 saturated carbocycles. The van der Waals surface area contributed by atoms with Crippen LogP contribution >= 0.6 is 0 Å². The van der Waals surface area contributed by atoms with Gasteiger partial charge < -0.3 is 4.74 Å². The van der Waals surface area contributed by atoms with Crippen LogP contribution in [0.4, 0.5) is 0 Å². The molecule has 0 aromatic carbocycles. The molecule has 0 spiro atoms.